The van der Waals surface area contributed by atoms with Gasteiger partial charge in [-0.1, -0.05) is 25.1 Å². The first-order chi connectivity index (χ1) is 9.04. The fraction of sp³-hybridized carbons (Fsp3) is 0.647. The first-order valence-corrected chi connectivity index (χ1v) is 7.45. The Morgan fingerprint density at radius 1 is 1.21 bits per heavy atom. The molecule has 2 rings (SSSR count). The van der Waals surface area contributed by atoms with Gasteiger partial charge in [0.05, 0.1) is 12.2 Å². The second-order valence-corrected chi connectivity index (χ2v) is 6.28. The maximum atomic E-state index is 6.22. The van der Waals surface area contributed by atoms with Crippen LogP contribution in [0.25, 0.3) is 0 Å². The summed E-state index contributed by atoms with van der Waals surface area (Å²) in [6.07, 6.45) is 4.69. The van der Waals surface area contributed by atoms with Crippen LogP contribution < -0.4 is 5.73 Å². The van der Waals surface area contributed by atoms with E-state index in [1.165, 1.54) is 29.5 Å². The predicted molar refractivity (Wildman–Crippen MR) is 80.1 cm³/mol. The Hall–Kier alpha value is -0.860. The molecule has 2 heteroatoms. The van der Waals surface area contributed by atoms with Crippen molar-refractivity contribution in [1.29, 1.82) is 0 Å². The third-order valence-electron chi connectivity index (χ3n) is 4.67. The lowest BCUT2D eigenvalue weighted by atomic mass is 9.79. The summed E-state index contributed by atoms with van der Waals surface area (Å²) in [6, 6.07) is 6.56. The average molecular weight is 261 g/mol. The Kier molecular flexibility index (Phi) is 4.64. The standard InChI is InChI=1S/C17H27NO/c1-13-6-8-17(12-18,9-7-13)19-11-16-5-4-14(2)15(3)10-16/h4-5,10,13H,6-9,11-12,18H2,1-3H3. The number of ether oxygens (including phenoxy) is 1. The highest BCUT2D eigenvalue weighted by atomic mass is 16.5. The quantitative estimate of drug-likeness (QED) is 0.896. The summed E-state index contributed by atoms with van der Waals surface area (Å²) in [4.78, 5) is 0. The fourth-order valence-corrected chi connectivity index (χ4v) is 2.83. The monoisotopic (exact) mass is 261 g/mol. The molecule has 2 nitrogen and oxygen atoms in total. The van der Waals surface area contributed by atoms with Crippen LogP contribution in [0.3, 0.4) is 0 Å². The third kappa shape index (κ3) is 3.58. The van der Waals surface area contributed by atoms with Crippen molar-refractivity contribution >= 4 is 0 Å². The Bertz CT molecular complexity index is 419. The molecule has 1 fully saturated rings. The van der Waals surface area contributed by atoms with Crippen LogP contribution in [0.5, 0.6) is 0 Å². The molecule has 0 unspecified atom stereocenters. The zero-order chi connectivity index (χ0) is 13.9. The molecule has 0 heterocycles. The summed E-state index contributed by atoms with van der Waals surface area (Å²) < 4.78 is 6.22. The predicted octanol–water partition coefficient (Wildman–Crippen LogP) is 3.73. The minimum Gasteiger partial charge on any atom is -0.369 e. The van der Waals surface area contributed by atoms with E-state index in [4.69, 9.17) is 10.5 Å². The van der Waals surface area contributed by atoms with Crippen molar-refractivity contribution in [3.05, 3.63) is 34.9 Å². The van der Waals surface area contributed by atoms with Crippen LogP contribution in [0, 0.1) is 19.8 Å². The van der Waals surface area contributed by atoms with E-state index in [0.29, 0.717) is 13.2 Å². The molecule has 0 spiro atoms. The van der Waals surface area contributed by atoms with E-state index in [1.807, 2.05) is 0 Å². The van der Waals surface area contributed by atoms with Gasteiger partial charge in [-0.25, -0.2) is 0 Å². The van der Waals surface area contributed by atoms with Crippen molar-refractivity contribution in [2.75, 3.05) is 6.54 Å². The highest BCUT2D eigenvalue weighted by molar-refractivity contribution is 5.29. The van der Waals surface area contributed by atoms with Gasteiger partial charge in [0, 0.05) is 6.54 Å². The van der Waals surface area contributed by atoms with Crippen LogP contribution in [0.1, 0.15) is 49.3 Å². The number of rotatable bonds is 4. The molecule has 1 saturated carbocycles. The Morgan fingerprint density at radius 2 is 1.89 bits per heavy atom. The SMILES string of the molecule is Cc1ccc(COC2(CN)CCC(C)CC2)cc1C. The van der Waals surface area contributed by atoms with E-state index in [9.17, 15) is 0 Å². The number of hydrogen-bond acceptors (Lipinski definition) is 2. The highest BCUT2D eigenvalue weighted by Crippen LogP contribution is 2.34. The molecule has 1 aliphatic rings. The van der Waals surface area contributed by atoms with E-state index in [2.05, 4.69) is 39.0 Å². The molecule has 106 valence electrons. The first kappa shape index (κ1) is 14.5. The molecule has 1 aliphatic carbocycles. The number of benzene rings is 1. The second kappa shape index (κ2) is 6.06. The number of nitrogens with two attached hydrogens (primary N) is 1. The van der Waals surface area contributed by atoms with Gasteiger partial charge < -0.3 is 10.5 Å². The maximum absolute atomic E-state index is 6.22. The Labute approximate surface area is 117 Å². The van der Waals surface area contributed by atoms with E-state index >= 15 is 0 Å². The van der Waals surface area contributed by atoms with Crippen LogP contribution in [0.4, 0.5) is 0 Å². The maximum Gasteiger partial charge on any atom is 0.0808 e. The Morgan fingerprint density at radius 3 is 2.47 bits per heavy atom. The van der Waals surface area contributed by atoms with Gasteiger partial charge in [0.2, 0.25) is 0 Å². The van der Waals surface area contributed by atoms with Crippen LogP contribution in [-0.2, 0) is 11.3 Å². The van der Waals surface area contributed by atoms with Gasteiger partial charge in [-0.05, 0) is 62.1 Å². The molecule has 19 heavy (non-hydrogen) atoms. The molecule has 0 amide bonds. The molecule has 0 bridgehead atoms. The van der Waals surface area contributed by atoms with E-state index in [-0.39, 0.29) is 5.60 Å². The molecule has 0 atom stereocenters. The van der Waals surface area contributed by atoms with Crippen molar-refractivity contribution in [2.24, 2.45) is 11.7 Å². The third-order valence-corrected chi connectivity index (χ3v) is 4.67. The summed E-state index contributed by atoms with van der Waals surface area (Å²) in [7, 11) is 0. The number of hydrogen-bond donors (Lipinski definition) is 1. The molecule has 1 aromatic rings. The van der Waals surface area contributed by atoms with Crippen molar-refractivity contribution in [3.63, 3.8) is 0 Å². The summed E-state index contributed by atoms with van der Waals surface area (Å²) in [5, 5.41) is 0. The number of aryl methyl sites for hydroxylation is 2. The average Bonchev–Trinajstić information content (AvgIpc) is 2.42. The molecule has 2 N–H and O–H groups in total. The lowest BCUT2D eigenvalue weighted by Gasteiger charge is -2.38. The highest BCUT2D eigenvalue weighted by Gasteiger charge is 2.33. The molecule has 0 radical (unpaired) electrons. The lowest BCUT2D eigenvalue weighted by Crippen LogP contribution is -2.43. The minimum atomic E-state index is -0.0781. The van der Waals surface area contributed by atoms with Gasteiger partial charge in [0.15, 0.2) is 0 Å². The van der Waals surface area contributed by atoms with E-state index < -0.39 is 0 Å². The van der Waals surface area contributed by atoms with Gasteiger partial charge >= 0.3 is 0 Å². The van der Waals surface area contributed by atoms with Crippen LogP contribution in [-0.4, -0.2) is 12.1 Å². The topological polar surface area (TPSA) is 35.2 Å². The van der Waals surface area contributed by atoms with Crippen molar-refractivity contribution in [1.82, 2.24) is 0 Å². The molecular formula is C17H27NO. The van der Waals surface area contributed by atoms with Crippen LogP contribution in [0.2, 0.25) is 0 Å². The lowest BCUT2D eigenvalue weighted by molar-refractivity contribution is -0.0799. The van der Waals surface area contributed by atoms with Gasteiger partial charge in [-0.15, -0.1) is 0 Å². The summed E-state index contributed by atoms with van der Waals surface area (Å²) in [5.74, 6) is 0.824. The second-order valence-electron chi connectivity index (χ2n) is 6.28. The Balaban J connectivity index is 1.97. The molecule has 0 saturated heterocycles. The van der Waals surface area contributed by atoms with Gasteiger partial charge in [-0.2, -0.15) is 0 Å². The zero-order valence-corrected chi connectivity index (χ0v) is 12.5. The molecule has 1 aromatic carbocycles. The van der Waals surface area contributed by atoms with Crippen LogP contribution in [0.15, 0.2) is 18.2 Å². The van der Waals surface area contributed by atoms with Crippen molar-refractivity contribution in [2.45, 2.75) is 58.7 Å². The molecule has 0 aromatic heterocycles. The summed E-state index contributed by atoms with van der Waals surface area (Å²) >= 11 is 0. The fourth-order valence-electron chi connectivity index (χ4n) is 2.83. The zero-order valence-electron chi connectivity index (χ0n) is 12.5. The van der Waals surface area contributed by atoms with Crippen molar-refractivity contribution in [3.8, 4) is 0 Å². The molecule has 0 aliphatic heterocycles. The minimum absolute atomic E-state index is 0.0781. The first-order valence-electron chi connectivity index (χ1n) is 7.45. The van der Waals surface area contributed by atoms with Gasteiger partial charge in [0.1, 0.15) is 0 Å². The van der Waals surface area contributed by atoms with E-state index in [1.54, 1.807) is 0 Å². The van der Waals surface area contributed by atoms with Gasteiger partial charge in [0.25, 0.3) is 0 Å². The smallest absolute Gasteiger partial charge is 0.0808 e. The largest absolute Gasteiger partial charge is 0.369 e. The van der Waals surface area contributed by atoms with Crippen LogP contribution >= 0.6 is 0 Å². The summed E-state index contributed by atoms with van der Waals surface area (Å²) in [5.41, 5.74) is 9.83. The normalized spacial score (nSPS) is 27.5. The molecular weight excluding hydrogens is 234 g/mol. The van der Waals surface area contributed by atoms with E-state index in [0.717, 1.165) is 18.8 Å². The summed E-state index contributed by atoms with van der Waals surface area (Å²) in [6.45, 7) is 7.95. The van der Waals surface area contributed by atoms with Gasteiger partial charge in [-0.3, -0.25) is 0 Å². The van der Waals surface area contributed by atoms with Crippen molar-refractivity contribution < 1.29 is 4.74 Å².